The number of carbonyl (C=O) groups excluding carboxylic acids is 1. The van der Waals surface area contributed by atoms with E-state index in [0.717, 1.165) is 24.2 Å². The number of carbonyl (C=O) groups is 1. The second-order valence-electron chi connectivity index (χ2n) is 6.35. The fourth-order valence-corrected chi connectivity index (χ4v) is 2.91. The SMILES string of the molecule is Cc1occc1-c1nnc(SCC(=O)N[C@H](C)CCCC(C)C)o1. The minimum Gasteiger partial charge on any atom is -0.469 e. The second-order valence-corrected chi connectivity index (χ2v) is 7.27. The van der Waals surface area contributed by atoms with E-state index in [4.69, 9.17) is 8.83 Å². The van der Waals surface area contributed by atoms with Gasteiger partial charge in [-0.1, -0.05) is 38.5 Å². The number of aromatic nitrogens is 2. The van der Waals surface area contributed by atoms with E-state index in [1.54, 1.807) is 12.3 Å². The molecule has 0 saturated heterocycles. The van der Waals surface area contributed by atoms with Crippen LogP contribution in [0.25, 0.3) is 11.5 Å². The van der Waals surface area contributed by atoms with Crippen molar-refractivity contribution in [1.82, 2.24) is 15.5 Å². The number of furan rings is 1. The Kier molecular flexibility index (Phi) is 6.90. The Morgan fingerprint density at radius 1 is 1.29 bits per heavy atom. The lowest BCUT2D eigenvalue weighted by Gasteiger charge is -2.14. The van der Waals surface area contributed by atoms with Crippen LogP contribution in [-0.4, -0.2) is 27.9 Å². The van der Waals surface area contributed by atoms with Crippen molar-refractivity contribution in [1.29, 1.82) is 0 Å². The molecule has 1 amide bonds. The fraction of sp³-hybridized carbons (Fsp3) is 0.588. The van der Waals surface area contributed by atoms with E-state index in [1.807, 2.05) is 13.8 Å². The first-order chi connectivity index (χ1) is 11.5. The minimum atomic E-state index is -0.0173. The van der Waals surface area contributed by atoms with Crippen LogP contribution in [0.5, 0.6) is 0 Å². The number of thioether (sulfide) groups is 1. The van der Waals surface area contributed by atoms with Gasteiger partial charge in [-0.2, -0.15) is 0 Å². The van der Waals surface area contributed by atoms with Crippen LogP contribution in [0.4, 0.5) is 0 Å². The first-order valence-electron chi connectivity index (χ1n) is 8.25. The van der Waals surface area contributed by atoms with Gasteiger partial charge in [0.2, 0.25) is 5.91 Å². The number of nitrogens with zero attached hydrogens (tertiary/aromatic N) is 2. The van der Waals surface area contributed by atoms with E-state index < -0.39 is 0 Å². The summed E-state index contributed by atoms with van der Waals surface area (Å²) in [7, 11) is 0. The predicted octanol–water partition coefficient (Wildman–Crippen LogP) is 4.06. The molecule has 0 spiro atoms. The van der Waals surface area contributed by atoms with Gasteiger partial charge in [-0.25, -0.2) is 0 Å². The molecule has 0 unspecified atom stereocenters. The lowest BCUT2D eigenvalue weighted by molar-refractivity contribution is -0.119. The quantitative estimate of drug-likeness (QED) is 0.686. The highest BCUT2D eigenvalue weighted by Crippen LogP contribution is 2.26. The molecule has 2 rings (SSSR count). The van der Waals surface area contributed by atoms with Gasteiger partial charge in [-0.15, -0.1) is 10.2 Å². The number of rotatable bonds is 9. The molecule has 2 aromatic rings. The highest BCUT2D eigenvalue weighted by atomic mass is 32.2. The Morgan fingerprint density at radius 3 is 2.75 bits per heavy atom. The molecule has 0 fully saturated rings. The standard InChI is InChI=1S/C17H25N3O3S/c1-11(2)6-5-7-12(3)18-15(21)10-24-17-20-19-16(23-17)14-8-9-22-13(14)4/h8-9,11-12H,5-7,10H2,1-4H3,(H,18,21)/t12-/m1/s1. The third-order valence-corrected chi connectivity index (χ3v) is 4.47. The van der Waals surface area contributed by atoms with Crippen molar-refractivity contribution in [3.63, 3.8) is 0 Å². The number of amides is 1. The summed E-state index contributed by atoms with van der Waals surface area (Å²) in [4.78, 5) is 12.0. The maximum Gasteiger partial charge on any atom is 0.277 e. The zero-order valence-corrected chi connectivity index (χ0v) is 15.5. The lowest BCUT2D eigenvalue weighted by Crippen LogP contribution is -2.33. The van der Waals surface area contributed by atoms with Crippen LogP contribution in [0.3, 0.4) is 0 Å². The molecular weight excluding hydrogens is 326 g/mol. The molecule has 132 valence electrons. The van der Waals surface area contributed by atoms with E-state index >= 15 is 0 Å². The average Bonchev–Trinajstić information content (AvgIpc) is 3.13. The molecule has 2 heterocycles. The zero-order valence-electron chi connectivity index (χ0n) is 14.7. The molecular formula is C17H25N3O3S. The van der Waals surface area contributed by atoms with Crippen molar-refractivity contribution in [2.75, 3.05) is 5.75 Å². The third kappa shape index (κ3) is 5.70. The summed E-state index contributed by atoms with van der Waals surface area (Å²) < 4.78 is 10.8. The highest BCUT2D eigenvalue weighted by molar-refractivity contribution is 7.99. The summed E-state index contributed by atoms with van der Waals surface area (Å²) in [5.41, 5.74) is 0.776. The Bertz CT molecular complexity index is 651. The van der Waals surface area contributed by atoms with Gasteiger partial charge in [-0.3, -0.25) is 4.79 Å². The number of hydrogen-bond acceptors (Lipinski definition) is 6. The van der Waals surface area contributed by atoms with Gasteiger partial charge in [0.25, 0.3) is 11.1 Å². The van der Waals surface area contributed by atoms with Crippen molar-refractivity contribution < 1.29 is 13.6 Å². The number of nitrogens with one attached hydrogen (secondary N) is 1. The lowest BCUT2D eigenvalue weighted by atomic mass is 10.0. The molecule has 1 N–H and O–H groups in total. The molecule has 1 atom stereocenters. The van der Waals surface area contributed by atoms with Gasteiger partial charge in [0, 0.05) is 6.04 Å². The minimum absolute atomic E-state index is 0.0173. The highest BCUT2D eigenvalue weighted by Gasteiger charge is 2.15. The van der Waals surface area contributed by atoms with Crippen LogP contribution in [0.1, 0.15) is 45.8 Å². The van der Waals surface area contributed by atoms with E-state index in [9.17, 15) is 4.79 Å². The summed E-state index contributed by atoms with van der Waals surface area (Å²) in [6.45, 7) is 8.29. The number of aryl methyl sites for hydroxylation is 1. The van der Waals surface area contributed by atoms with E-state index in [1.165, 1.54) is 18.2 Å². The van der Waals surface area contributed by atoms with Crippen molar-refractivity contribution in [3.8, 4) is 11.5 Å². The monoisotopic (exact) mass is 351 g/mol. The second kappa shape index (κ2) is 8.92. The normalized spacial score (nSPS) is 12.5. The topological polar surface area (TPSA) is 81.2 Å². The average molecular weight is 351 g/mol. The summed E-state index contributed by atoms with van der Waals surface area (Å²) >= 11 is 1.24. The molecule has 0 bridgehead atoms. The molecule has 0 radical (unpaired) electrons. The molecule has 0 aliphatic rings. The van der Waals surface area contributed by atoms with Gasteiger partial charge < -0.3 is 14.2 Å². The Hall–Kier alpha value is -1.76. The summed E-state index contributed by atoms with van der Waals surface area (Å²) in [5.74, 6) is 2.08. The zero-order chi connectivity index (χ0) is 17.5. The first kappa shape index (κ1) is 18.6. The molecule has 0 aromatic carbocycles. The Labute approximate surface area is 146 Å². The maximum atomic E-state index is 12.0. The molecule has 2 aromatic heterocycles. The molecule has 6 nitrogen and oxygen atoms in total. The fourth-order valence-electron chi connectivity index (χ4n) is 2.33. The van der Waals surface area contributed by atoms with Crippen molar-refractivity contribution in [3.05, 3.63) is 18.1 Å². The smallest absolute Gasteiger partial charge is 0.277 e. The molecule has 0 saturated carbocycles. The van der Waals surface area contributed by atoms with Crippen molar-refractivity contribution in [2.45, 2.75) is 58.2 Å². The Balaban J connectivity index is 1.74. The van der Waals surface area contributed by atoms with Gasteiger partial charge in [0.15, 0.2) is 0 Å². The van der Waals surface area contributed by atoms with Gasteiger partial charge in [0.05, 0.1) is 17.6 Å². The van der Waals surface area contributed by atoms with Crippen LogP contribution in [0.2, 0.25) is 0 Å². The van der Waals surface area contributed by atoms with E-state index in [2.05, 4.69) is 29.4 Å². The van der Waals surface area contributed by atoms with Crippen LogP contribution in [0.15, 0.2) is 26.4 Å². The molecule has 0 aliphatic heterocycles. The third-order valence-electron chi connectivity index (χ3n) is 3.65. The van der Waals surface area contributed by atoms with Gasteiger partial charge in [-0.05, 0) is 32.3 Å². The van der Waals surface area contributed by atoms with E-state index in [-0.39, 0.29) is 17.7 Å². The van der Waals surface area contributed by atoms with Crippen molar-refractivity contribution >= 4 is 17.7 Å². The Morgan fingerprint density at radius 2 is 2.08 bits per heavy atom. The van der Waals surface area contributed by atoms with Crippen molar-refractivity contribution in [2.24, 2.45) is 5.92 Å². The van der Waals surface area contributed by atoms with E-state index in [0.29, 0.717) is 17.0 Å². The molecule has 24 heavy (non-hydrogen) atoms. The number of hydrogen-bond donors (Lipinski definition) is 1. The van der Waals surface area contributed by atoms with Gasteiger partial charge >= 0.3 is 0 Å². The van der Waals surface area contributed by atoms with Gasteiger partial charge in [0.1, 0.15) is 5.76 Å². The predicted molar refractivity (Wildman–Crippen MR) is 93.8 cm³/mol. The molecule has 0 aliphatic carbocycles. The summed E-state index contributed by atoms with van der Waals surface area (Å²) in [6.07, 6.45) is 4.89. The van der Waals surface area contributed by atoms with Crippen LogP contribution in [0, 0.1) is 12.8 Å². The summed E-state index contributed by atoms with van der Waals surface area (Å²) in [6, 6.07) is 1.96. The maximum absolute atomic E-state index is 12.0. The summed E-state index contributed by atoms with van der Waals surface area (Å²) in [5, 5.41) is 11.3. The molecule has 7 heteroatoms. The largest absolute Gasteiger partial charge is 0.469 e. The van der Waals surface area contributed by atoms with Crippen LogP contribution in [-0.2, 0) is 4.79 Å². The van der Waals surface area contributed by atoms with Crippen LogP contribution < -0.4 is 5.32 Å². The van der Waals surface area contributed by atoms with Crippen LogP contribution >= 0.6 is 11.8 Å². The first-order valence-corrected chi connectivity index (χ1v) is 9.24.